The Morgan fingerprint density at radius 1 is 0.943 bits per heavy atom. The van der Waals surface area contributed by atoms with Gasteiger partial charge in [-0.05, 0) is 105 Å². The molecule has 8 heteroatoms. The lowest BCUT2D eigenvalue weighted by molar-refractivity contribution is -0.444. The number of hydrogen-bond acceptors (Lipinski definition) is 5. The van der Waals surface area contributed by atoms with E-state index in [1.807, 2.05) is 0 Å². The summed E-state index contributed by atoms with van der Waals surface area (Å²) in [4.78, 5) is 13.6. The maximum atomic E-state index is 13.7. The lowest BCUT2D eigenvalue weighted by atomic mass is 9.47. The molecule has 1 saturated heterocycles. The molecule has 9 rings (SSSR count). The molecule has 192 valence electrons. The van der Waals surface area contributed by atoms with Crippen LogP contribution in [-0.2, 0) is 19.0 Å². The predicted molar refractivity (Wildman–Crippen MR) is 115 cm³/mol. The van der Waals surface area contributed by atoms with E-state index < -0.39 is 36.4 Å². The van der Waals surface area contributed by atoms with Crippen molar-refractivity contribution in [1.82, 2.24) is 0 Å². The molecule has 9 aliphatic rings. The van der Waals surface area contributed by atoms with Gasteiger partial charge in [0.25, 0.3) is 5.79 Å². The average molecular weight is 495 g/mol. The fourth-order valence-electron chi connectivity index (χ4n) is 11.1. The van der Waals surface area contributed by atoms with Crippen molar-refractivity contribution in [2.45, 2.75) is 81.0 Å². The lowest BCUT2D eigenvalue weighted by Crippen LogP contribution is -2.70. The first-order chi connectivity index (χ1) is 16.6. The number of allylic oxidation sites excluding steroid dienone is 2. The molecular weight excluding hydrogens is 461 g/mol. The predicted octanol–water partition coefficient (Wildman–Crippen LogP) is 4.59. The Morgan fingerprint density at radius 3 is 2.37 bits per heavy atom. The Hall–Kier alpha value is -1.12. The molecule has 1 heterocycles. The zero-order valence-corrected chi connectivity index (χ0v) is 19.7. The van der Waals surface area contributed by atoms with Crippen LogP contribution in [0, 0.1) is 59.2 Å². The van der Waals surface area contributed by atoms with Gasteiger partial charge in [-0.1, -0.05) is 12.2 Å². The largest absolute Gasteiger partial charge is 0.459 e. The van der Waals surface area contributed by atoms with Crippen LogP contribution in [0.15, 0.2) is 12.2 Å². The number of alkyl halides is 3. The summed E-state index contributed by atoms with van der Waals surface area (Å²) in [6.45, 7) is -0.565. The highest BCUT2D eigenvalue weighted by atomic mass is 19.4. The van der Waals surface area contributed by atoms with E-state index in [4.69, 9.17) is 14.2 Å². The number of carbonyl (C=O) groups is 1. The summed E-state index contributed by atoms with van der Waals surface area (Å²) >= 11 is 0. The van der Waals surface area contributed by atoms with E-state index in [0.29, 0.717) is 48.3 Å². The van der Waals surface area contributed by atoms with E-state index in [2.05, 4.69) is 12.2 Å². The minimum absolute atomic E-state index is 0.0226. The van der Waals surface area contributed by atoms with Crippen molar-refractivity contribution in [2.75, 3.05) is 6.79 Å². The van der Waals surface area contributed by atoms with E-state index in [-0.39, 0.29) is 23.7 Å². The van der Waals surface area contributed by atoms with Crippen LogP contribution in [0.1, 0.15) is 57.8 Å². The van der Waals surface area contributed by atoms with Crippen LogP contribution in [0.5, 0.6) is 0 Å². The van der Waals surface area contributed by atoms with Crippen molar-refractivity contribution < 1.29 is 37.3 Å². The molecule has 10 atom stereocenters. The Bertz CT molecular complexity index is 978. The monoisotopic (exact) mass is 494 g/mol. The normalized spacial score (nSPS) is 59.0. The number of halogens is 3. The fraction of sp³-hybridized carbons (Fsp3) is 0.889. The maximum absolute atomic E-state index is 13.7. The summed E-state index contributed by atoms with van der Waals surface area (Å²) < 4.78 is 58.1. The molecule has 0 aromatic rings. The van der Waals surface area contributed by atoms with Gasteiger partial charge in [-0.25, -0.2) is 0 Å². The zero-order valence-electron chi connectivity index (χ0n) is 19.7. The van der Waals surface area contributed by atoms with Crippen LogP contribution in [0.4, 0.5) is 13.2 Å². The van der Waals surface area contributed by atoms with Gasteiger partial charge in [0.2, 0.25) is 0 Å². The summed E-state index contributed by atoms with van der Waals surface area (Å²) in [5.41, 5.74) is -1.66. The molecule has 1 aliphatic heterocycles. The average Bonchev–Trinajstić information content (AvgIpc) is 3.56. The van der Waals surface area contributed by atoms with E-state index in [1.54, 1.807) is 0 Å². The van der Waals surface area contributed by atoms with Gasteiger partial charge in [-0.2, -0.15) is 13.2 Å². The molecule has 0 aromatic carbocycles. The van der Waals surface area contributed by atoms with E-state index >= 15 is 0 Å². The second-order valence-corrected chi connectivity index (χ2v) is 13.4. The summed E-state index contributed by atoms with van der Waals surface area (Å²) in [7, 11) is 0. The van der Waals surface area contributed by atoms with Gasteiger partial charge < -0.3 is 19.3 Å². The summed E-state index contributed by atoms with van der Waals surface area (Å²) in [6.07, 6.45) is 6.05. The molecule has 8 bridgehead atoms. The van der Waals surface area contributed by atoms with Crippen molar-refractivity contribution in [3.8, 4) is 0 Å². The Labute approximate surface area is 202 Å². The third-order valence-corrected chi connectivity index (χ3v) is 12.0. The van der Waals surface area contributed by atoms with Crippen LogP contribution in [-0.4, -0.2) is 41.0 Å². The van der Waals surface area contributed by atoms with E-state index in [9.17, 15) is 23.1 Å². The number of hydrogen-bond donors (Lipinski definition) is 1. The zero-order chi connectivity index (χ0) is 24.0. The topological polar surface area (TPSA) is 65.0 Å². The molecule has 35 heavy (non-hydrogen) atoms. The molecule has 0 aromatic heterocycles. The number of fused-ring (bicyclic) bond motifs is 9. The minimum atomic E-state index is -4.88. The van der Waals surface area contributed by atoms with Crippen molar-refractivity contribution in [3.05, 3.63) is 12.2 Å². The van der Waals surface area contributed by atoms with Gasteiger partial charge in [0, 0.05) is 6.42 Å². The number of ether oxygens (including phenoxy) is 3. The van der Waals surface area contributed by atoms with Crippen molar-refractivity contribution >= 4 is 5.97 Å². The first kappa shape index (κ1) is 21.9. The first-order valence-corrected chi connectivity index (χ1v) is 13.6. The third-order valence-electron chi connectivity index (χ3n) is 12.0. The van der Waals surface area contributed by atoms with E-state index in [1.165, 1.54) is 6.42 Å². The van der Waals surface area contributed by atoms with Crippen LogP contribution >= 0.6 is 0 Å². The van der Waals surface area contributed by atoms with Crippen LogP contribution in [0.3, 0.4) is 0 Å². The quantitative estimate of drug-likeness (QED) is 0.346. The Balaban J connectivity index is 1.02. The molecule has 8 aliphatic carbocycles. The van der Waals surface area contributed by atoms with Gasteiger partial charge in [-0.15, -0.1) is 0 Å². The van der Waals surface area contributed by atoms with Gasteiger partial charge >= 0.3 is 12.1 Å². The van der Waals surface area contributed by atoms with Gasteiger partial charge in [-0.3, -0.25) is 4.79 Å². The first-order valence-electron chi connectivity index (χ1n) is 13.6. The third kappa shape index (κ3) is 2.74. The van der Waals surface area contributed by atoms with Crippen LogP contribution < -0.4 is 0 Å². The number of rotatable bonds is 2. The Morgan fingerprint density at radius 2 is 1.66 bits per heavy atom. The molecule has 7 saturated carbocycles. The highest BCUT2D eigenvalue weighted by Gasteiger charge is 2.71. The smallest absolute Gasteiger partial charge is 0.443 e. The Kier molecular flexibility index (Phi) is 4.17. The molecule has 1 spiro atoms. The SMILES string of the molecule is O=C(OC12CC3CC(C1)C1(CC(O)(C(F)(F)F)OCO1)C(C3)C2)C1CC2CC1C1C3C=CC(C3)C21. The van der Waals surface area contributed by atoms with Crippen molar-refractivity contribution in [1.29, 1.82) is 0 Å². The van der Waals surface area contributed by atoms with Crippen LogP contribution in [0.25, 0.3) is 0 Å². The number of esters is 1. The fourth-order valence-corrected chi connectivity index (χ4v) is 11.1. The molecule has 5 nitrogen and oxygen atoms in total. The molecule has 0 radical (unpaired) electrons. The maximum Gasteiger partial charge on any atom is 0.443 e. The number of carbonyl (C=O) groups excluding carboxylic acids is 1. The summed E-state index contributed by atoms with van der Waals surface area (Å²) in [5.74, 6) is 0.543. The standard InChI is InChI=1S/C27H33F3O5/c28-27(29,30)26(32)11-25(33-12-34-26)17-3-13-4-18(25)10-24(8-13,9-17)35-23(31)20-7-16-6-19(20)22-15-2-1-14(5-15)21(16)22/h1-2,13-22,32H,3-12H2. The van der Waals surface area contributed by atoms with Crippen molar-refractivity contribution in [2.24, 2.45) is 59.2 Å². The van der Waals surface area contributed by atoms with Gasteiger partial charge in [0.15, 0.2) is 6.79 Å². The number of aliphatic hydroxyl groups is 1. The molecule has 10 unspecified atom stereocenters. The summed E-state index contributed by atoms with van der Waals surface area (Å²) in [6, 6.07) is 0. The van der Waals surface area contributed by atoms with Crippen molar-refractivity contribution in [3.63, 3.8) is 0 Å². The second-order valence-electron chi connectivity index (χ2n) is 13.4. The minimum Gasteiger partial charge on any atom is -0.459 e. The van der Waals surface area contributed by atoms with Gasteiger partial charge in [0.05, 0.1) is 11.5 Å². The molecular formula is C27H33F3O5. The summed E-state index contributed by atoms with van der Waals surface area (Å²) in [5, 5.41) is 10.4. The molecule has 8 fully saturated rings. The molecule has 1 N–H and O–H groups in total. The second kappa shape index (κ2) is 6.65. The van der Waals surface area contributed by atoms with Crippen LogP contribution in [0.2, 0.25) is 0 Å². The van der Waals surface area contributed by atoms with Gasteiger partial charge in [0.1, 0.15) is 5.60 Å². The lowest BCUT2D eigenvalue weighted by Gasteiger charge is -2.66. The highest BCUT2D eigenvalue weighted by Crippen LogP contribution is 2.68. The van der Waals surface area contributed by atoms with E-state index in [0.717, 1.165) is 38.0 Å². The molecule has 0 amide bonds. The highest BCUT2D eigenvalue weighted by molar-refractivity contribution is 5.74.